The topological polar surface area (TPSA) is 142 Å². The van der Waals surface area contributed by atoms with E-state index in [4.69, 9.17) is 4.84 Å². The van der Waals surface area contributed by atoms with E-state index in [2.05, 4.69) is 17.3 Å². The van der Waals surface area contributed by atoms with Crippen LogP contribution in [-0.4, -0.2) is 27.3 Å². The molecule has 2 bridgehead atoms. The summed E-state index contributed by atoms with van der Waals surface area (Å²) in [6.45, 7) is 1.68. The van der Waals surface area contributed by atoms with E-state index < -0.39 is 32.8 Å². The lowest BCUT2D eigenvalue weighted by Gasteiger charge is -2.45. The SMILES string of the molecule is CC1=CC(=NOC(=O)c2ccc([N+](=O)[O-])cc2[N+](=O)[O-])[C@@H]2[C@H](C1=O)[C@H]1C=C[C@H]2CC1. The molecule has 10 heteroatoms. The van der Waals surface area contributed by atoms with Crippen molar-refractivity contribution in [2.45, 2.75) is 19.8 Å². The van der Waals surface area contributed by atoms with Crippen LogP contribution in [0.3, 0.4) is 0 Å². The summed E-state index contributed by atoms with van der Waals surface area (Å²) < 4.78 is 0. The molecule has 0 amide bonds. The molecule has 5 rings (SSSR count). The third kappa shape index (κ3) is 3.19. The number of hydrogen-bond donors (Lipinski definition) is 0. The molecule has 0 aromatic heterocycles. The Hall–Kier alpha value is -3.69. The first kappa shape index (κ1) is 19.6. The van der Waals surface area contributed by atoms with Crippen LogP contribution >= 0.6 is 0 Å². The normalized spacial score (nSPS) is 28.1. The summed E-state index contributed by atoms with van der Waals surface area (Å²) in [6.07, 6.45) is 7.55. The zero-order valence-electron chi connectivity index (χ0n) is 15.9. The molecule has 0 unspecified atom stereocenters. The summed E-state index contributed by atoms with van der Waals surface area (Å²) in [4.78, 5) is 50.5. The fourth-order valence-electron chi connectivity index (χ4n) is 4.59. The molecule has 30 heavy (non-hydrogen) atoms. The predicted octanol–water partition coefficient (Wildman–Crippen LogP) is 3.37. The van der Waals surface area contributed by atoms with E-state index in [-0.39, 0.29) is 29.5 Å². The van der Waals surface area contributed by atoms with Crippen LogP contribution < -0.4 is 0 Å². The molecule has 4 aliphatic carbocycles. The third-order valence-electron chi connectivity index (χ3n) is 5.99. The molecule has 10 nitrogen and oxygen atoms in total. The number of rotatable bonds is 4. The highest BCUT2D eigenvalue weighted by Gasteiger charge is 2.48. The molecule has 1 aromatic carbocycles. The second kappa shape index (κ2) is 7.29. The molecule has 0 radical (unpaired) electrons. The maximum atomic E-state index is 12.7. The Morgan fingerprint density at radius 2 is 1.77 bits per heavy atom. The molecular formula is C20H17N3O7. The van der Waals surface area contributed by atoms with Crippen molar-refractivity contribution in [1.29, 1.82) is 0 Å². The van der Waals surface area contributed by atoms with Crippen LogP contribution in [0.25, 0.3) is 0 Å². The highest BCUT2D eigenvalue weighted by Crippen LogP contribution is 2.48. The van der Waals surface area contributed by atoms with E-state index in [1.165, 1.54) is 0 Å². The van der Waals surface area contributed by atoms with Crippen molar-refractivity contribution >= 4 is 28.8 Å². The molecule has 0 heterocycles. The third-order valence-corrected chi connectivity index (χ3v) is 5.99. The van der Waals surface area contributed by atoms with Crippen molar-refractivity contribution < 1.29 is 24.3 Å². The standard InChI is InChI=1S/C20H17N3O7/c1-10-8-15(17-11-2-4-12(5-3-11)18(17)19(10)24)21-30-20(25)14-7-6-13(22(26)27)9-16(14)23(28)29/h2,4,6-9,11-12,17-18H,3,5H2,1H3/t11-,12-,17+,18+/m0/s1. The van der Waals surface area contributed by atoms with Gasteiger partial charge in [0.05, 0.1) is 21.6 Å². The van der Waals surface area contributed by atoms with Gasteiger partial charge in [-0.1, -0.05) is 17.3 Å². The van der Waals surface area contributed by atoms with Gasteiger partial charge < -0.3 is 4.84 Å². The second-order valence-corrected chi connectivity index (χ2v) is 7.64. The van der Waals surface area contributed by atoms with Crippen LogP contribution in [0.5, 0.6) is 0 Å². The Bertz CT molecular complexity index is 1070. The molecule has 4 aliphatic rings. The van der Waals surface area contributed by atoms with E-state index in [9.17, 15) is 29.8 Å². The zero-order valence-corrected chi connectivity index (χ0v) is 15.9. The Labute approximate surface area is 170 Å². The van der Waals surface area contributed by atoms with Crippen molar-refractivity contribution in [3.63, 3.8) is 0 Å². The Balaban J connectivity index is 1.64. The highest BCUT2D eigenvalue weighted by molar-refractivity contribution is 6.13. The van der Waals surface area contributed by atoms with Crippen molar-refractivity contribution in [3.8, 4) is 0 Å². The lowest BCUT2D eigenvalue weighted by Crippen LogP contribution is -2.47. The van der Waals surface area contributed by atoms with Crippen molar-refractivity contribution in [2.24, 2.45) is 28.8 Å². The van der Waals surface area contributed by atoms with Gasteiger partial charge in [-0.3, -0.25) is 25.0 Å². The number of benzene rings is 1. The predicted molar refractivity (Wildman–Crippen MR) is 104 cm³/mol. The van der Waals surface area contributed by atoms with Crippen molar-refractivity contribution in [1.82, 2.24) is 0 Å². The van der Waals surface area contributed by atoms with Gasteiger partial charge in [-0.2, -0.15) is 0 Å². The van der Waals surface area contributed by atoms with E-state index in [1.54, 1.807) is 13.0 Å². The number of hydrogen-bond acceptors (Lipinski definition) is 8. The number of oxime groups is 1. The van der Waals surface area contributed by atoms with Crippen LogP contribution in [0, 0.1) is 43.9 Å². The number of carbonyl (C=O) groups is 2. The summed E-state index contributed by atoms with van der Waals surface area (Å²) in [5.41, 5.74) is -0.717. The van der Waals surface area contributed by atoms with Gasteiger partial charge >= 0.3 is 5.97 Å². The largest absolute Gasteiger partial charge is 0.372 e. The number of non-ortho nitro benzene ring substituents is 1. The minimum absolute atomic E-state index is 0.0651. The number of nitro benzene ring substituents is 2. The van der Waals surface area contributed by atoms with E-state index >= 15 is 0 Å². The summed E-state index contributed by atoms with van der Waals surface area (Å²) in [5, 5.41) is 26.0. The van der Waals surface area contributed by atoms with Crippen LogP contribution in [0.4, 0.5) is 11.4 Å². The van der Waals surface area contributed by atoms with Crippen LogP contribution in [0.2, 0.25) is 0 Å². The van der Waals surface area contributed by atoms with Gasteiger partial charge in [-0.15, -0.1) is 0 Å². The van der Waals surface area contributed by atoms with Gasteiger partial charge in [-0.25, -0.2) is 4.79 Å². The Kier molecular flexibility index (Phi) is 4.76. The van der Waals surface area contributed by atoms with Crippen LogP contribution in [0.15, 0.2) is 47.2 Å². The molecule has 1 saturated carbocycles. The number of nitrogens with zero attached hydrogens (tertiary/aromatic N) is 3. The summed E-state index contributed by atoms with van der Waals surface area (Å²) in [7, 11) is 0. The Morgan fingerprint density at radius 1 is 1.10 bits per heavy atom. The van der Waals surface area contributed by atoms with Gasteiger partial charge in [0.1, 0.15) is 5.56 Å². The van der Waals surface area contributed by atoms with Gasteiger partial charge in [0.25, 0.3) is 11.4 Å². The minimum Gasteiger partial charge on any atom is -0.312 e. The smallest absolute Gasteiger partial charge is 0.312 e. The van der Waals surface area contributed by atoms with Crippen LogP contribution in [0.1, 0.15) is 30.1 Å². The summed E-state index contributed by atoms with van der Waals surface area (Å²) in [6, 6.07) is 2.66. The number of fused-ring (bicyclic) bond motifs is 1. The lowest BCUT2D eigenvalue weighted by atomic mass is 9.57. The molecule has 154 valence electrons. The first-order chi connectivity index (χ1) is 14.3. The fourth-order valence-corrected chi connectivity index (χ4v) is 4.59. The van der Waals surface area contributed by atoms with Crippen LogP contribution in [-0.2, 0) is 9.63 Å². The average Bonchev–Trinajstić information content (AvgIpc) is 2.74. The number of allylic oxidation sites excluding steroid dienone is 4. The van der Waals surface area contributed by atoms with E-state index in [0.29, 0.717) is 17.4 Å². The molecule has 0 saturated heterocycles. The first-order valence-electron chi connectivity index (χ1n) is 9.41. The molecule has 0 aliphatic heterocycles. The maximum Gasteiger partial charge on any atom is 0.372 e. The van der Waals surface area contributed by atoms with E-state index in [1.807, 2.05) is 0 Å². The van der Waals surface area contributed by atoms with Gasteiger partial charge in [0, 0.05) is 17.9 Å². The monoisotopic (exact) mass is 411 g/mol. The highest BCUT2D eigenvalue weighted by atomic mass is 16.7. The van der Waals surface area contributed by atoms with Crippen molar-refractivity contribution in [3.05, 3.63) is 67.8 Å². The van der Waals surface area contributed by atoms with Gasteiger partial charge in [0.15, 0.2) is 5.78 Å². The Morgan fingerprint density at radius 3 is 2.37 bits per heavy atom. The zero-order chi connectivity index (χ0) is 21.6. The van der Waals surface area contributed by atoms with Crippen molar-refractivity contribution in [2.75, 3.05) is 0 Å². The van der Waals surface area contributed by atoms with E-state index in [0.717, 1.165) is 25.0 Å². The molecular weight excluding hydrogens is 394 g/mol. The summed E-state index contributed by atoms with van der Waals surface area (Å²) in [5.74, 6) is -1.25. The van der Waals surface area contributed by atoms with Gasteiger partial charge in [-0.05, 0) is 49.3 Å². The molecule has 4 atom stereocenters. The van der Waals surface area contributed by atoms with Gasteiger partial charge in [0.2, 0.25) is 0 Å². The maximum absolute atomic E-state index is 12.7. The summed E-state index contributed by atoms with van der Waals surface area (Å²) >= 11 is 0. The molecule has 0 N–H and O–H groups in total. The molecule has 0 spiro atoms. The second-order valence-electron chi connectivity index (χ2n) is 7.64. The fraction of sp³-hybridized carbons (Fsp3) is 0.350. The molecule has 1 fully saturated rings. The average molecular weight is 411 g/mol. The quantitative estimate of drug-likeness (QED) is 0.320. The minimum atomic E-state index is -1.10. The molecule has 1 aromatic rings. The number of Topliss-reactive ketones (excluding diaryl/α,β-unsaturated/α-hetero) is 1. The number of nitro groups is 2. The number of ketones is 1. The number of carbonyl (C=O) groups excluding carboxylic acids is 2. The lowest BCUT2D eigenvalue weighted by molar-refractivity contribution is -0.394. The first-order valence-corrected chi connectivity index (χ1v) is 9.41.